The Balaban J connectivity index is 1.45. The summed E-state index contributed by atoms with van der Waals surface area (Å²) in [4.78, 5) is 0.510. The summed E-state index contributed by atoms with van der Waals surface area (Å²) < 4.78 is 242. The zero-order chi connectivity index (χ0) is 58.5. The molecular weight excluding hydrogens is 655 g/mol. The molecule has 2 nitrogen and oxygen atoms in total. The van der Waals surface area contributed by atoms with Crippen LogP contribution < -0.4 is 4.90 Å². The van der Waals surface area contributed by atoms with Crippen molar-refractivity contribution in [2.24, 2.45) is 0 Å². The molecule has 54 heavy (non-hydrogen) atoms. The predicted molar refractivity (Wildman–Crippen MR) is 228 cm³/mol. The van der Waals surface area contributed by atoms with Crippen molar-refractivity contribution in [3.8, 4) is 44.5 Å². The molecule has 0 N–H and O–H groups in total. The fraction of sp³-hybridized carbons (Fsp3) is 0. The average Bonchev–Trinajstić information content (AvgIpc) is 3.93. The van der Waals surface area contributed by atoms with E-state index in [9.17, 15) is 19.2 Å². The van der Waals surface area contributed by atoms with Crippen LogP contribution >= 0.6 is 0 Å². The SMILES string of the molecule is [2H]c1c([2H])c([2H])c(-c2c([2H])c([2H])c(N(c3c([2H])c([2H])c(-c4c([2H])c([2H])c([2H])c([2H])c4[2H])c([2H])c3[2H])c3c([2H])c([2H])c([2H])c4oc5c6c([2H])c([2H])c([2H])c([2H])c6c(-c6cccc(-c7ccccc7)c6)c([2H])c5c34)c([2H])c2[2H])c([2H])c1[2H]. The third-order valence-corrected chi connectivity index (χ3v) is 8.57. The fourth-order valence-corrected chi connectivity index (χ4v) is 6.15. The second-order valence-corrected chi connectivity index (χ2v) is 11.7. The van der Waals surface area contributed by atoms with Gasteiger partial charge in [0.2, 0.25) is 0 Å². The summed E-state index contributed by atoms with van der Waals surface area (Å²) >= 11 is 0. The Bertz CT molecular complexity index is 4190. The van der Waals surface area contributed by atoms with Crippen molar-refractivity contribution in [2.75, 3.05) is 4.90 Å². The van der Waals surface area contributed by atoms with Gasteiger partial charge in [-0.3, -0.25) is 0 Å². The van der Waals surface area contributed by atoms with Gasteiger partial charge in [0.25, 0.3) is 0 Å². The van der Waals surface area contributed by atoms with Gasteiger partial charge in [0, 0.05) is 22.1 Å². The molecule has 10 rings (SSSR count). The molecule has 0 amide bonds. The standard InChI is InChI=1S/C52H35NO/c1-4-14-36(15-5-1)39-26-30-43(31-27-39)53(44-32-28-40(29-33-44)37-16-6-2-7-17-37)49-24-13-25-50-51(49)48-35-47(45-22-10-11-23-46(45)52(48)54-50)42-21-12-20-41(34-42)38-18-8-3-9-19-38/h1-35H/i1D,2D,4D,5D,6D,7D,10D,11D,13D,14D,15D,16D,17D,22D,23D,24D,25D,26D,27D,28D,29D,30D,31D,32D,33D,35D. The lowest BCUT2D eigenvalue weighted by atomic mass is 9.93. The molecule has 0 atom stereocenters. The average molecular weight is 716 g/mol. The Morgan fingerprint density at radius 2 is 0.963 bits per heavy atom. The van der Waals surface area contributed by atoms with Crippen molar-refractivity contribution >= 4 is 49.8 Å². The molecule has 254 valence electrons. The largest absolute Gasteiger partial charge is 0.455 e. The summed E-state index contributed by atoms with van der Waals surface area (Å²) in [6, 6.07) is -9.24. The van der Waals surface area contributed by atoms with Crippen LogP contribution in [0.4, 0.5) is 17.1 Å². The maximum atomic E-state index is 10.2. The van der Waals surface area contributed by atoms with Crippen LogP contribution in [0.25, 0.3) is 77.2 Å². The van der Waals surface area contributed by atoms with Crippen molar-refractivity contribution in [3.05, 3.63) is 212 Å². The van der Waals surface area contributed by atoms with Crippen molar-refractivity contribution in [1.82, 2.24) is 0 Å². The van der Waals surface area contributed by atoms with Crippen molar-refractivity contribution < 1.29 is 40.1 Å². The van der Waals surface area contributed by atoms with Crippen molar-refractivity contribution in [2.45, 2.75) is 0 Å². The highest BCUT2D eigenvalue weighted by Gasteiger charge is 2.22. The Labute approximate surface area is 351 Å². The third kappa shape index (κ3) is 5.62. The number of hydrogen-bond acceptors (Lipinski definition) is 2. The summed E-state index contributed by atoms with van der Waals surface area (Å²) in [6.45, 7) is 0. The van der Waals surface area contributed by atoms with Crippen LogP contribution in [0.15, 0.2) is 216 Å². The molecule has 0 bridgehead atoms. The summed E-state index contributed by atoms with van der Waals surface area (Å²) in [6.07, 6.45) is 0. The number of anilines is 3. The lowest BCUT2D eigenvalue weighted by Crippen LogP contribution is -2.10. The van der Waals surface area contributed by atoms with E-state index in [1.54, 1.807) is 54.6 Å². The maximum Gasteiger partial charge on any atom is 0.143 e. The highest BCUT2D eigenvalue weighted by atomic mass is 16.3. The van der Waals surface area contributed by atoms with E-state index in [0.717, 1.165) is 0 Å². The van der Waals surface area contributed by atoms with Gasteiger partial charge < -0.3 is 9.32 Å². The van der Waals surface area contributed by atoms with Crippen LogP contribution in [-0.2, 0) is 0 Å². The molecule has 0 spiro atoms. The Morgan fingerprint density at radius 3 is 1.61 bits per heavy atom. The van der Waals surface area contributed by atoms with Gasteiger partial charge in [0.15, 0.2) is 0 Å². The van der Waals surface area contributed by atoms with Crippen LogP contribution in [0.3, 0.4) is 0 Å². The molecule has 0 saturated heterocycles. The van der Waals surface area contributed by atoms with E-state index < -0.39 is 218 Å². The predicted octanol–water partition coefficient (Wildman–Crippen LogP) is 14.9. The van der Waals surface area contributed by atoms with E-state index in [1.807, 2.05) is 0 Å². The minimum absolute atomic E-state index is 0.162. The van der Waals surface area contributed by atoms with Crippen LogP contribution in [0.2, 0.25) is 0 Å². The monoisotopic (exact) mass is 715 g/mol. The molecule has 10 aromatic rings. The molecule has 0 aliphatic rings. The number of hydrogen-bond donors (Lipinski definition) is 0. The van der Waals surface area contributed by atoms with Crippen molar-refractivity contribution in [1.29, 1.82) is 0 Å². The molecule has 1 heterocycles. The van der Waals surface area contributed by atoms with Crippen LogP contribution in [-0.4, -0.2) is 0 Å². The van der Waals surface area contributed by atoms with E-state index >= 15 is 0 Å². The van der Waals surface area contributed by atoms with E-state index in [2.05, 4.69) is 0 Å². The van der Waals surface area contributed by atoms with E-state index in [0.29, 0.717) is 16.0 Å². The Hall–Kier alpha value is -7.16. The zero-order valence-corrected chi connectivity index (χ0v) is 27.6. The zero-order valence-electron chi connectivity index (χ0n) is 53.6. The van der Waals surface area contributed by atoms with E-state index in [-0.39, 0.29) is 21.9 Å². The highest BCUT2D eigenvalue weighted by molar-refractivity contribution is 6.22. The summed E-state index contributed by atoms with van der Waals surface area (Å²) in [7, 11) is 0. The summed E-state index contributed by atoms with van der Waals surface area (Å²) in [5.74, 6) is 0. The Morgan fingerprint density at radius 1 is 0.407 bits per heavy atom. The molecule has 1 aromatic heterocycles. The smallest absolute Gasteiger partial charge is 0.143 e. The first kappa shape index (κ1) is 14.7. The lowest BCUT2D eigenvalue weighted by Gasteiger charge is -2.26. The van der Waals surface area contributed by atoms with Gasteiger partial charge >= 0.3 is 0 Å². The molecule has 0 fully saturated rings. The number of furan rings is 1. The quantitative estimate of drug-likeness (QED) is 0.163. The molecule has 9 aromatic carbocycles. The first-order valence-corrected chi connectivity index (χ1v) is 16.3. The van der Waals surface area contributed by atoms with Gasteiger partial charge in [-0.25, -0.2) is 0 Å². The van der Waals surface area contributed by atoms with E-state index in [1.165, 1.54) is 0 Å². The molecule has 0 saturated carbocycles. The first-order chi connectivity index (χ1) is 37.6. The van der Waals surface area contributed by atoms with Crippen LogP contribution in [0.1, 0.15) is 35.6 Å². The second kappa shape index (κ2) is 13.4. The number of fused-ring (bicyclic) bond motifs is 5. The molecule has 0 unspecified atom stereocenters. The molecule has 0 radical (unpaired) electrons. The summed E-state index contributed by atoms with van der Waals surface area (Å²) in [5.41, 5.74) is -6.15. The minimum atomic E-state index is -1.19. The van der Waals surface area contributed by atoms with E-state index in [4.69, 9.17) is 20.9 Å². The fourth-order valence-electron chi connectivity index (χ4n) is 6.15. The van der Waals surface area contributed by atoms with Gasteiger partial charge in [-0.1, -0.05) is 163 Å². The topological polar surface area (TPSA) is 16.4 Å². The lowest BCUT2D eigenvalue weighted by molar-refractivity contribution is 0.672. The normalized spacial score (nSPS) is 18.1. The molecular formula is C52H35NO. The Kier molecular flexibility index (Phi) is 3.65. The number of nitrogens with zero attached hydrogens (tertiary/aromatic N) is 1. The number of benzene rings is 9. The second-order valence-electron chi connectivity index (χ2n) is 11.7. The maximum absolute atomic E-state index is 10.2. The minimum Gasteiger partial charge on any atom is -0.455 e. The van der Waals surface area contributed by atoms with Crippen LogP contribution in [0.5, 0.6) is 0 Å². The van der Waals surface area contributed by atoms with Crippen LogP contribution in [0, 0.1) is 0 Å². The molecule has 2 heteroatoms. The summed E-state index contributed by atoms with van der Waals surface area (Å²) in [5, 5.41) is -1.67. The molecule has 0 aliphatic heterocycles. The van der Waals surface area contributed by atoms with Crippen molar-refractivity contribution in [3.63, 3.8) is 0 Å². The number of rotatable bonds is 7. The first-order valence-electron chi connectivity index (χ1n) is 29.3. The van der Waals surface area contributed by atoms with Gasteiger partial charge in [-0.2, -0.15) is 0 Å². The van der Waals surface area contributed by atoms with Gasteiger partial charge in [0.1, 0.15) is 11.2 Å². The van der Waals surface area contributed by atoms with Gasteiger partial charge in [0.05, 0.1) is 46.7 Å². The molecule has 0 aliphatic carbocycles. The third-order valence-electron chi connectivity index (χ3n) is 8.57. The van der Waals surface area contributed by atoms with Gasteiger partial charge in [-0.15, -0.1) is 0 Å². The van der Waals surface area contributed by atoms with Gasteiger partial charge in [-0.05, 0) is 98.3 Å². The highest BCUT2D eigenvalue weighted by Crippen LogP contribution is 2.47.